The number of hydrazine groups is 1. The molecule has 0 bridgehead atoms. The van der Waals surface area contributed by atoms with Crippen LogP contribution in [0.3, 0.4) is 0 Å². The first-order chi connectivity index (χ1) is 7.76. The molecule has 0 saturated carbocycles. The number of benzene rings is 1. The Kier molecular flexibility index (Phi) is 5.08. The fourth-order valence-corrected chi connectivity index (χ4v) is 1.24. The number of aryl methyl sites for hydroxylation is 1. The third-order valence-electron chi connectivity index (χ3n) is 2.09. The zero-order valence-electron chi connectivity index (χ0n) is 9.11. The maximum Gasteiger partial charge on any atom is 0.234 e. The summed E-state index contributed by atoms with van der Waals surface area (Å²) >= 11 is 0. The van der Waals surface area contributed by atoms with Crippen LogP contribution in [0.4, 0.5) is 0 Å². The second-order valence-electron chi connectivity index (χ2n) is 3.31. The van der Waals surface area contributed by atoms with Crippen LogP contribution in [0.1, 0.15) is 12.0 Å². The second-order valence-corrected chi connectivity index (χ2v) is 3.31. The van der Waals surface area contributed by atoms with Gasteiger partial charge in [-0.25, -0.2) is 5.84 Å². The molecular formula is C12H16N2O2. The van der Waals surface area contributed by atoms with Crippen molar-refractivity contribution in [3.8, 4) is 5.75 Å². The van der Waals surface area contributed by atoms with E-state index in [1.807, 2.05) is 24.3 Å². The van der Waals surface area contributed by atoms with Gasteiger partial charge in [-0.05, 0) is 24.1 Å². The number of carbonyl (C=O) groups is 1. The average molecular weight is 220 g/mol. The second kappa shape index (κ2) is 6.63. The highest BCUT2D eigenvalue weighted by Gasteiger charge is 2.00. The van der Waals surface area contributed by atoms with E-state index in [2.05, 4.69) is 12.0 Å². The summed E-state index contributed by atoms with van der Waals surface area (Å²) in [7, 11) is 0. The summed E-state index contributed by atoms with van der Waals surface area (Å²) in [6.45, 7) is 4.07. The highest BCUT2D eigenvalue weighted by molar-refractivity contribution is 5.75. The number of nitrogens with one attached hydrogen (secondary N) is 1. The first-order valence-corrected chi connectivity index (χ1v) is 5.08. The van der Waals surface area contributed by atoms with E-state index in [-0.39, 0.29) is 5.91 Å². The van der Waals surface area contributed by atoms with Gasteiger partial charge in [-0.15, -0.1) is 0 Å². The Morgan fingerprint density at radius 2 is 2.12 bits per heavy atom. The van der Waals surface area contributed by atoms with Crippen molar-refractivity contribution >= 4 is 5.91 Å². The lowest BCUT2D eigenvalue weighted by Gasteiger charge is -2.04. The summed E-state index contributed by atoms with van der Waals surface area (Å²) in [4.78, 5) is 10.9. The van der Waals surface area contributed by atoms with Crippen LogP contribution in [0.2, 0.25) is 0 Å². The third-order valence-corrected chi connectivity index (χ3v) is 2.09. The maximum atomic E-state index is 10.9. The van der Waals surface area contributed by atoms with Gasteiger partial charge in [0.25, 0.3) is 0 Å². The van der Waals surface area contributed by atoms with E-state index in [4.69, 9.17) is 10.6 Å². The molecule has 0 aliphatic carbocycles. The summed E-state index contributed by atoms with van der Waals surface area (Å²) in [5, 5.41) is 0. The topological polar surface area (TPSA) is 64.3 Å². The van der Waals surface area contributed by atoms with Gasteiger partial charge in [0, 0.05) is 6.42 Å². The zero-order chi connectivity index (χ0) is 11.8. The van der Waals surface area contributed by atoms with Crippen LogP contribution in [-0.4, -0.2) is 12.5 Å². The van der Waals surface area contributed by atoms with E-state index in [9.17, 15) is 4.79 Å². The van der Waals surface area contributed by atoms with Crippen molar-refractivity contribution in [1.29, 1.82) is 0 Å². The molecule has 0 aliphatic rings. The van der Waals surface area contributed by atoms with E-state index in [0.717, 1.165) is 11.3 Å². The molecule has 0 saturated heterocycles. The SMILES string of the molecule is C=CCOc1ccc(CCC(=O)NN)cc1. The monoisotopic (exact) mass is 220 g/mol. The minimum absolute atomic E-state index is 0.160. The van der Waals surface area contributed by atoms with Gasteiger partial charge in [-0.3, -0.25) is 10.2 Å². The van der Waals surface area contributed by atoms with Crippen molar-refractivity contribution < 1.29 is 9.53 Å². The van der Waals surface area contributed by atoms with Gasteiger partial charge < -0.3 is 4.74 Å². The molecule has 1 aromatic carbocycles. The van der Waals surface area contributed by atoms with Gasteiger partial charge >= 0.3 is 0 Å². The number of amides is 1. The Morgan fingerprint density at radius 3 is 2.69 bits per heavy atom. The van der Waals surface area contributed by atoms with Gasteiger partial charge in [0.2, 0.25) is 5.91 Å². The fourth-order valence-electron chi connectivity index (χ4n) is 1.24. The molecule has 4 nitrogen and oxygen atoms in total. The normalized spacial score (nSPS) is 9.56. The third kappa shape index (κ3) is 4.14. The van der Waals surface area contributed by atoms with Crippen molar-refractivity contribution in [2.45, 2.75) is 12.8 Å². The predicted molar refractivity (Wildman–Crippen MR) is 62.8 cm³/mol. The Bertz CT molecular complexity index is 347. The smallest absolute Gasteiger partial charge is 0.234 e. The molecule has 0 radical (unpaired) electrons. The summed E-state index contributed by atoms with van der Waals surface area (Å²) in [5.74, 6) is 5.62. The van der Waals surface area contributed by atoms with Crippen LogP contribution in [-0.2, 0) is 11.2 Å². The Morgan fingerprint density at radius 1 is 1.44 bits per heavy atom. The molecule has 3 N–H and O–H groups in total. The van der Waals surface area contributed by atoms with E-state index in [0.29, 0.717) is 19.4 Å². The molecule has 0 unspecified atom stereocenters. The van der Waals surface area contributed by atoms with E-state index < -0.39 is 0 Å². The molecule has 0 fully saturated rings. The Labute approximate surface area is 95.1 Å². The first kappa shape index (κ1) is 12.3. The lowest BCUT2D eigenvalue weighted by Crippen LogP contribution is -2.30. The van der Waals surface area contributed by atoms with Gasteiger partial charge in [0.1, 0.15) is 12.4 Å². The van der Waals surface area contributed by atoms with Crippen LogP contribution in [0, 0.1) is 0 Å². The standard InChI is InChI=1S/C12H16N2O2/c1-2-9-16-11-6-3-10(4-7-11)5-8-12(15)14-13/h2-4,6-7H,1,5,8-9,13H2,(H,14,15). The minimum Gasteiger partial charge on any atom is -0.490 e. The van der Waals surface area contributed by atoms with Crippen molar-refractivity contribution in [3.05, 3.63) is 42.5 Å². The molecule has 1 rings (SSSR count). The highest BCUT2D eigenvalue weighted by Crippen LogP contribution is 2.13. The molecule has 16 heavy (non-hydrogen) atoms. The number of nitrogens with two attached hydrogens (primary N) is 1. The molecular weight excluding hydrogens is 204 g/mol. The number of hydrogen-bond acceptors (Lipinski definition) is 3. The average Bonchev–Trinajstić information content (AvgIpc) is 2.34. The van der Waals surface area contributed by atoms with Crippen LogP contribution in [0.15, 0.2) is 36.9 Å². The minimum atomic E-state index is -0.160. The number of rotatable bonds is 6. The van der Waals surface area contributed by atoms with Gasteiger partial charge in [0.15, 0.2) is 0 Å². The molecule has 0 aromatic heterocycles. The lowest BCUT2D eigenvalue weighted by molar-refractivity contribution is -0.121. The molecule has 0 heterocycles. The summed E-state index contributed by atoms with van der Waals surface area (Å²) in [6, 6.07) is 7.61. The largest absolute Gasteiger partial charge is 0.490 e. The van der Waals surface area contributed by atoms with Crippen molar-refractivity contribution in [2.75, 3.05) is 6.61 Å². The van der Waals surface area contributed by atoms with Gasteiger partial charge in [-0.2, -0.15) is 0 Å². The summed E-state index contributed by atoms with van der Waals surface area (Å²) < 4.78 is 5.34. The number of carbonyl (C=O) groups excluding carboxylic acids is 1. The first-order valence-electron chi connectivity index (χ1n) is 5.08. The quantitative estimate of drug-likeness (QED) is 0.327. The Balaban J connectivity index is 2.44. The van der Waals surface area contributed by atoms with Crippen LogP contribution in [0.5, 0.6) is 5.75 Å². The molecule has 86 valence electrons. The molecule has 0 spiro atoms. The Hall–Kier alpha value is -1.81. The van der Waals surface area contributed by atoms with Crippen LogP contribution in [0.25, 0.3) is 0 Å². The van der Waals surface area contributed by atoms with Crippen LogP contribution >= 0.6 is 0 Å². The van der Waals surface area contributed by atoms with E-state index >= 15 is 0 Å². The molecule has 0 aliphatic heterocycles. The summed E-state index contributed by atoms with van der Waals surface area (Å²) in [5.41, 5.74) is 3.18. The van der Waals surface area contributed by atoms with Crippen LogP contribution < -0.4 is 16.0 Å². The summed E-state index contributed by atoms with van der Waals surface area (Å²) in [6.07, 6.45) is 2.76. The van der Waals surface area contributed by atoms with Gasteiger partial charge in [-0.1, -0.05) is 24.8 Å². The van der Waals surface area contributed by atoms with Crippen molar-refractivity contribution in [1.82, 2.24) is 5.43 Å². The molecule has 0 atom stereocenters. The highest BCUT2D eigenvalue weighted by atomic mass is 16.5. The maximum absolute atomic E-state index is 10.9. The van der Waals surface area contributed by atoms with Gasteiger partial charge in [0.05, 0.1) is 0 Å². The van der Waals surface area contributed by atoms with E-state index in [1.54, 1.807) is 6.08 Å². The van der Waals surface area contributed by atoms with E-state index in [1.165, 1.54) is 0 Å². The lowest BCUT2D eigenvalue weighted by atomic mass is 10.1. The van der Waals surface area contributed by atoms with Crippen molar-refractivity contribution in [2.24, 2.45) is 5.84 Å². The fraction of sp³-hybridized carbons (Fsp3) is 0.250. The number of hydrogen-bond donors (Lipinski definition) is 2. The molecule has 4 heteroatoms. The molecule has 1 amide bonds. The molecule has 1 aromatic rings. The zero-order valence-corrected chi connectivity index (χ0v) is 9.11. The van der Waals surface area contributed by atoms with Crippen molar-refractivity contribution in [3.63, 3.8) is 0 Å². The number of ether oxygens (including phenoxy) is 1. The predicted octanol–water partition coefficient (Wildman–Crippen LogP) is 1.17.